The van der Waals surface area contributed by atoms with Crippen molar-refractivity contribution in [1.82, 2.24) is 14.7 Å². The number of hydrogen-bond acceptors (Lipinski definition) is 4. The molecule has 0 bridgehead atoms. The Kier molecular flexibility index (Phi) is 2.79. The van der Waals surface area contributed by atoms with Crippen LogP contribution in [0, 0.1) is 11.8 Å². The molecule has 19 heavy (non-hydrogen) atoms. The molecule has 1 aromatic heterocycles. The zero-order valence-electron chi connectivity index (χ0n) is 10.7. The third-order valence-electron chi connectivity index (χ3n) is 3.90. The molecule has 5 nitrogen and oxygen atoms in total. The van der Waals surface area contributed by atoms with Crippen molar-refractivity contribution < 1.29 is 8.42 Å². The highest BCUT2D eigenvalue weighted by Gasteiger charge is 2.45. The topological polar surface area (TPSA) is 72.0 Å². The molecule has 2 atom stereocenters. The van der Waals surface area contributed by atoms with Gasteiger partial charge in [-0.05, 0) is 30.0 Å². The first-order valence-electron chi connectivity index (χ1n) is 6.21. The van der Waals surface area contributed by atoms with Gasteiger partial charge in [0.05, 0.1) is 10.4 Å². The fraction of sp³-hybridized carbons (Fsp3) is 0.385. The number of rotatable bonds is 3. The highest BCUT2D eigenvalue weighted by atomic mass is 32.2. The van der Waals surface area contributed by atoms with Crippen LogP contribution in [0.3, 0.4) is 0 Å². The van der Waals surface area contributed by atoms with Crippen molar-refractivity contribution in [3.63, 3.8) is 0 Å². The van der Waals surface area contributed by atoms with E-state index in [0.29, 0.717) is 11.8 Å². The smallest absolute Gasteiger partial charge is 0.240 e. The van der Waals surface area contributed by atoms with Crippen LogP contribution in [0.15, 0.2) is 35.6 Å². The number of sulfonamides is 1. The van der Waals surface area contributed by atoms with Crippen molar-refractivity contribution in [2.75, 3.05) is 0 Å². The SMILES string of the molecule is CC1C(C)C1NS(=O)(=O)c1ccc2ncncc2c1. The van der Waals surface area contributed by atoms with E-state index in [2.05, 4.69) is 14.7 Å². The van der Waals surface area contributed by atoms with Gasteiger partial charge < -0.3 is 0 Å². The second-order valence-corrected chi connectivity index (χ2v) is 6.82. The largest absolute Gasteiger partial charge is 0.244 e. The minimum Gasteiger partial charge on any atom is -0.244 e. The van der Waals surface area contributed by atoms with Gasteiger partial charge in [0.15, 0.2) is 0 Å². The summed E-state index contributed by atoms with van der Waals surface area (Å²) in [6, 6.07) is 4.93. The lowest BCUT2D eigenvalue weighted by atomic mass is 10.2. The van der Waals surface area contributed by atoms with E-state index in [1.165, 1.54) is 6.33 Å². The van der Waals surface area contributed by atoms with Crippen molar-refractivity contribution >= 4 is 20.9 Å². The maximum Gasteiger partial charge on any atom is 0.240 e. The molecule has 0 spiro atoms. The summed E-state index contributed by atoms with van der Waals surface area (Å²) >= 11 is 0. The number of benzene rings is 1. The van der Waals surface area contributed by atoms with E-state index in [1.807, 2.05) is 13.8 Å². The molecule has 2 aromatic rings. The molecule has 1 N–H and O–H groups in total. The van der Waals surface area contributed by atoms with Gasteiger partial charge in [-0.25, -0.2) is 23.1 Å². The molecular weight excluding hydrogens is 262 g/mol. The van der Waals surface area contributed by atoms with Crippen molar-refractivity contribution in [3.8, 4) is 0 Å². The summed E-state index contributed by atoms with van der Waals surface area (Å²) in [6.45, 7) is 4.10. The van der Waals surface area contributed by atoms with Gasteiger partial charge >= 0.3 is 0 Å². The van der Waals surface area contributed by atoms with Gasteiger partial charge in [-0.3, -0.25) is 0 Å². The van der Waals surface area contributed by atoms with Gasteiger partial charge in [-0.15, -0.1) is 0 Å². The number of hydrogen-bond donors (Lipinski definition) is 1. The normalized spacial score (nSPS) is 26.5. The molecular formula is C13H15N3O2S. The maximum atomic E-state index is 12.3. The molecule has 1 saturated carbocycles. The minimum atomic E-state index is -3.46. The highest BCUT2D eigenvalue weighted by molar-refractivity contribution is 7.89. The molecule has 3 rings (SSSR count). The molecule has 6 heteroatoms. The number of aromatic nitrogens is 2. The molecule has 0 saturated heterocycles. The van der Waals surface area contributed by atoms with Crippen LogP contribution in [0.25, 0.3) is 10.9 Å². The molecule has 1 aliphatic carbocycles. The van der Waals surface area contributed by atoms with Crippen molar-refractivity contribution in [1.29, 1.82) is 0 Å². The fourth-order valence-corrected chi connectivity index (χ4v) is 3.71. The summed E-state index contributed by atoms with van der Waals surface area (Å²) < 4.78 is 27.3. The fourth-order valence-electron chi connectivity index (χ4n) is 2.25. The van der Waals surface area contributed by atoms with Crippen LogP contribution >= 0.6 is 0 Å². The Balaban J connectivity index is 1.94. The number of fused-ring (bicyclic) bond motifs is 1. The molecule has 0 aliphatic heterocycles. The lowest BCUT2D eigenvalue weighted by molar-refractivity contribution is 0.577. The third-order valence-corrected chi connectivity index (χ3v) is 5.36. The van der Waals surface area contributed by atoms with Crippen LogP contribution in [-0.2, 0) is 10.0 Å². The average molecular weight is 277 g/mol. The molecule has 100 valence electrons. The first kappa shape index (κ1) is 12.5. The summed E-state index contributed by atoms with van der Waals surface area (Å²) in [4.78, 5) is 8.25. The number of nitrogens with zero attached hydrogens (tertiary/aromatic N) is 2. The van der Waals surface area contributed by atoms with Crippen molar-refractivity contribution in [2.24, 2.45) is 11.8 Å². The summed E-state index contributed by atoms with van der Waals surface area (Å²) in [5.41, 5.74) is 0.738. The van der Waals surface area contributed by atoms with E-state index in [-0.39, 0.29) is 10.9 Å². The van der Waals surface area contributed by atoms with E-state index < -0.39 is 10.0 Å². The van der Waals surface area contributed by atoms with Crippen LogP contribution < -0.4 is 4.72 Å². The van der Waals surface area contributed by atoms with Gasteiger partial charge in [0.1, 0.15) is 6.33 Å². The Hall–Kier alpha value is -1.53. The Bertz CT molecular complexity index is 722. The Morgan fingerprint density at radius 3 is 2.63 bits per heavy atom. The third kappa shape index (κ3) is 2.21. The molecule has 1 aliphatic rings. The van der Waals surface area contributed by atoms with Gasteiger partial charge in [0.25, 0.3) is 0 Å². The Labute approximate surface area is 112 Å². The van der Waals surface area contributed by atoms with E-state index >= 15 is 0 Å². The van der Waals surface area contributed by atoms with Crippen LogP contribution in [0.5, 0.6) is 0 Å². The Morgan fingerprint density at radius 1 is 1.21 bits per heavy atom. The summed E-state index contributed by atoms with van der Waals surface area (Å²) in [5.74, 6) is 0.803. The van der Waals surface area contributed by atoms with Gasteiger partial charge in [0, 0.05) is 17.6 Å². The van der Waals surface area contributed by atoms with Crippen LogP contribution in [0.2, 0.25) is 0 Å². The number of nitrogens with one attached hydrogen (secondary N) is 1. The van der Waals surface area contributed by atoms with Crippen LogP contribution in [-0.4, -0.2) is 24.4 Å². The van der Waals surface area contributed by atoms with Crippen LogP contribution in [0.4, 0.5) is 0 Å². The summed E-state index contributed by atoms with van der Waals surface area (Å²) in [7, 11) is -3.46. The first-order chi connectivity index (χ1) is 8.99. The second-order valence-electron chi connectivity index (χ2n) is 5.11. The molecule has 1 fully saturated rings. The van der Waals surface area contributed by atoms with Gasteiger partial charge in [-0.2, -0.15) is 0 Å². The van der Waals surface area contributed by atoms with E-state index in [9.17, 15) is 8.42 Å². The zero-order valence-corrected chi connectivity index (χ0v) is 11.6. The van der Waals surface area contributed by atoms with E-state index in [0.717, 1.165) is 10.9 Å². The standard InChI is InChI=1S/C13H15N3O2S/c1-8-9(2)13(8)16-19(17,18)11-3-4-12-10(5-11)6-14-7-15-12/h3-9,13,16H,1-2H3. The molecule has 1 heterocycles. The lowest BCUT2D eigenvalue weighted by Gasteiger charge is -2.07. The molecule has 2 unspecified atom stereocenters. The monoisotopic (exact) mass is 277 g/mol. The minimum absolute atomic E-state index is 0.0488. The summed E-state index contributed by atoms with van der Waals surface area (Å²) in [6.07, 6.45) is 3.06. The lowest BCUT2D eigenvalue weighted by Crippen LogP contribution is -2.27. The van der Waals surface area contributed by atoms with Gasteiger partial charge in [-0.1, -0.05) is 13.8 Å². The Morgan fingerprint density at radius 2 is 1.95 bits per heavy atom. The second kappa shape index (κ2) is 4.25. The first-order valence-corrected chi connectivity index (χ1v) is 7.69. The highest BCUT2D eigenvalue weighted by Crippen LogP contribution is 2.38. The molecule has 0 radical (unpaired) electrons. The van der Waals surface area contributed by atoms with Gasteiger partial charge in [0.2, 0.25) is 10.0 Å². The predicted octanol–water partition coefficient (Wildman–Crippen LogP) is 1.56. The summed E-state index contributed by atoms with van der Waals surface area (Å²) in [5, 5.41) is 0.724. The van der Waals surface area contributed by atoms with E-state index in [1.54, 1.807) is 24.4 Å². The molecule has 1 aromatic carbocycles. The molecule has 0 amide bonds. The predicted molar refractivity (Wildman–Crippen MR) is 72.0 cm³/mol. The maximum absolute atomic E-state index is 12.3. The quantitative estimate of drug-likeness (QED) is 0.924. The van der Waals surface area contributed by atoms with Crippen molar-refractivity contribution in [2.45, 2.75) is 24.8 Å². The zero-order chi connectivity index (χ0) is 13.6. The van der Waals surface area contributed by atoms with Crippen LogP contribution in [0.1, 0.15) is 13.8 Å². The van der Waals surface area contributed by atoms with Crippen molar-refractivity contribution in [3.05, 3.63) is 30.7 Å². The van der Waals surface area contributed by atoms with E-state index in [4.69, 9.17) is 0 Å². The average Bonchev–Trinajstić information content (AvgIpc) is 2.95.